The molecule has 1 nitrogen and oxygen atoms in total. The van der Waals surface area contributed by atoms with E-state index in [0.29, 0.717) is 5.92 Å². The SMILES string of the molecule is Cl.Fc1cc(F)cc(CCC2CCNCC2)c1. The Balaban J connectivity index is 0.00000144. The van der Waals surface area contributed by atoms with Crippen LogP contribution in [0.5, 0.6) is 0 Å². The molecule has 0 atom stereocenters. The second-order valence-electron chi connectivity index (χ2n) is 4.51. The van der Waals surface area contributed by atoms with E-state index < -0.39 is 11.6 Å². The highest BCUT2D eigenvalue weighted by Crippen LogP contribution is 2.19. The fraction of sp³-hybridized carbons (Fsp3) is 0.538. The van der Waals surface area contributed by atoms with Crippen LogP contribution in [0.4, 0.5) is 8.78 Å². The Kier molecular flexibility index (Phi) is 5.86. The summed E-state index contributed by atoms with van der Waals surface area (Å²) >= 11 is 0. The molecular weight excluding hydrogens is 244 g/mol. The number of piperidine rings is 1. The van der Waals surface area contributed by atoms with Gasteiger partial charge in [0, 0.05) is 6.07 Å². The van der Waals surface area contributed by atoms with Gasteiger partial charge in [-0.3, -0.25) is 0 Å². The second kappa shape index (κ2) is 6.92. The van der Waals surface area contributed by atoms with E-state index >= 15 is 0 Å². The quantitative estimate of drug-likeness (QED) is 0.880. The van der Waals surface area contributed by atoms with Gasteiger partial charge < -0.3 is 5.32 Å². The summed E-state index contributed by atoms with van der Waals surface area (Å²) < 4.78 is 25.9. The lowest BCUT2D eigenvalue weighted by atomic mass is 9.91. The Morgan fingerprint density at radius 1 is 1.06 bits per heavy atom. The van der Waals surface area contributed by atoms with Crippen molar-refractivity contribution in [1.29, 1.82) is 0 Å². The molecule has 0 radical (unpaired) electrons. The minimum absolute atomic E-state index is 0. The summed E-state index contributed by atoms with van der Waals surface area (Å²) in [6.45, 7) is 2.14. The lowest BCUT2D eigenvalue weighted by Gasteiger charge is -2.22. The van der Waals surface area contributed by atoms with E-state index in [2.05, 4.69) is 5.32 Å². The minimum atomic E-state index is -0.472. The summed E-state index contributed by atoms with van der Waals surface area (Å²) in [7, 11) is 0. The van der Waals surface area contributed by atoms with Crippen molar-refractivity contribution in [2.75, 3.05) is 13.1 Å². The van der Waals surface area contributed by atoms with Gasteiger partial charge in [0.15, 0.2) is 0 Å². The molecule has 2 rings (SSSR count). The molecule has 0 spiro atoms. The van der Waals surface area contributed by atoms with Gasteiger partial charge in [-0.1, -0.05) is 0 Å². The van der Waals surface area contributed by atoms with Gasteiger partial charge in [-0.2, -0.15) is 0 Å². The maximum Gasteiger partial charge on any atom is 0.126 e. The monoisotopic (exact) mass is 261 g/mol. The molecule has 1 heterocycles. The van der Waals surface area contributed by atoms with Crippen LogP contribution < -0.4 is 5.32 Å². The first-order chi connectivity index (χ1) is 7.74. The van der Waals surface area contributed by atoms with Crippen molar-refractivity contribution in [2.45, 2.75) is 25.7 Å². The van der Waals surface area contributed by atoms with Gasteiger partial charge in [0.1, 0.15) is 11.6 Å². The number of hydrogen-bond donors (Lipinski definition) is 1. The van der Waals surface area contributed by atoms with Crippen molar-refractivity contribution in [3.8, 4) is 0 Å². The number of rotatable bonds is 3. The third-order valence-electron chi connectivity index (χ3n) is 3.22. The fourth-order valence-electron chi connectivity index (χ4n) is 2.30. The second-order valence-corrected chi connectivity index (χ2v) is 4.51. The van der Waals surface area contributed by atoms with Gasteiger partial charge in [0.2, 0.25) is 0 Å². The first-order valence-electron chi connectivity index (χ1n) is 5.90. The molecule has 0 saturated carbocycles. The number of hydrogen-bond acceptors (Lipinski definition) is 1. The highest BCUT2D eigenvalue weighted by atomic mass is 35.5. The lowest BCUT2D eigenvalue weighted by molar-refractivity contribution is 0.354. The largest absolute Gasteiger partial charge is 0.317 e. The Bertz CT molecular complexity index is 331. The third-order valence-corrected chi connectivity index (χ3v) is 3.22. The first-order valence-corrected chi connectivity index (χ1v) is 5.90. The third kappa shape index (κ3) is 4.60. The molecular formula is C13H18ClF2N. The van der Waals surface area contributed by atoms with Crippen LogP contribution in [0.1, 0.15) is 24.8 Å². The summed E-state index contributed by atoms with van der Waals surface area (Å²) in [4.78, 5) is 0. The molecule has 1 aliphatic rings. The normalized spacial score (nSPS) is 16.6. The van der Waals surface area contributed by atoms with E-state index in [0.717, 1.165) is 37.6 Å². The molecule has 4 heteroatoms. The smallest absolute Gasteiger partial charge is 0.126 e. The molecule has 0 aromatic heterocycles. The van der Waals surface area contributed by atoms with Crippen LogP contribution in [0.25, 0.3) is 0 Å². The molecule has 1 aromatic rings. The van der Waals surface area contributed by atoms with Crippen LogP contribution in [0.15, 0.2) is 18.2 Å². The van der Waals surface area contributed by atoms with E-state index in [1.807, 2.05) is 0 Å². The highest BCUT2D eigenvalue weighted by Gasteiger charge is 2.13. The Labute approximate surface area is 107 Å². The molecule has 17 heavy (non-hydrogen) atoms. The molecule has 1 aliphatic heterocycles. The van der Waals surface area contributed by atoms with Crippen molar-refractivity contribution in [3.05, 3.63) is 35.4 Å². The molecule has 1 aromatic carbocycles. The number of nitrogens with one attached hydrogen (secondary N) is 1. The predicted octanol–water partition coefficient (Wildman–Crippen LogP) is 3.32. The summed E-state index contributed by atoms with van der Waals surface area (Å²) in [5, 5.41) is 3.31. The number of aryl methyl sites for hydroxylation is 1. The zero-order chi connectivity index (χ0) is 11.4. The Hall–Kier alpha value is -0.670. The first kappa shape index (κ1) is 14.4. The van der Waals surface area contributed by atoms with Crippen LogP contribution in [0, 0.1) is 17.6 Å². The molecule has 1 N–H and O–H groups in total. The van der Waals surface area contributed by atoms with Crippen molar-refractivity contribution < 1.29 is 8.78 Å². The van der Waals surface area contributed by atoms with Crippen molar-refractivity contribution in [1.82, 2.24) is 5.32 Å². The van der Waals surface area contributed by atoms with Gasteiger partial charge in [-0.05, 0) is 62.4 Å². The zero-order valence-corrected chi connectivity index (χ0v) is 10.5. The maximum absolute atomic E-state index is 12.9. The molecule has 1 fully saturated rings. The van der Waals surface area contributed by atoms with E-state index in [9.17, 15) is 8.78 Å². The molecule has 0 amide bonds. The maximum atomic E-state index is 12.9. The fourth-order valence-corrected chi connectivity index (χ4v) is 2.30. The summed E-state index contributed by atoms with van der Waals surface area (Å²) in [5.41, 5.74) is 0.774. The molecule has 0 aliphatic carbocycles. The van der Waals surface area contributed by atoms with Crippen molar-refractivity contribution >= 4 is 12.4 Å². The van der Waals surface area contributed by atoms with Gasteiger partial charge in [0.25, 0.3) is 0 Å². The standard InChI is InChI=1S/C13H17F2N.ClH/c14-12-7-11(8-13(15)9-12)2-1-10-3-5-16-6-4-10;/h7-10,16H,1-6H2;1H. The summed E-state index contributed by atoms with van der Waals surface area (Å²) in [6, 6.07) is 3.79. The van der Waals surface area contributed by atoms with Crippen molar-refractivity contribution in [3.63, 3.8) is 0 Å². The van der Waals surface area contributed by atoms with Crippen molar-refractivity contribution in [2.24, 2.45) is 5.92 Å². The van der Waals surface area contributed by atoms with Crippen LogP contribution in [0.3, 0.4) is 0 Å². The summed E-state index contributed by atoms with van der Waals surface area (Å²) in [6.07, 6.45) is 4.17. The van der Waals surface area contributed by atoms with Crippen LogP contribution >= 0.6 is 12.4 Å². The Morgan fingerprint density at radius 3 is 2.24 bits per heavy atom. The van der Waals surface area contributed by atoms with E-state index in [1.165, 1.54) is 25.0 Å². The highest BCUT2D eigenvalue weighted by molar-refractivity contribution is 5.85. The average molecular weight is 262 g/mol. The van der Waals surface area contributed by atoms with Gasteiger partial charge >= 0.3 is 0 Å². The topological polar surface area (TPSA) is 12.0 Å². The number of benzene rings is 1. The zero-order valence-electron chi connectivity index (χ0n) is 9.72. The van der Waals surface area contributed by atoms with Crippen LogP contribution in [-0.4, -0.2) is 13.1 Å². The lowest BCUT2D eigenvalue weighted by Crippen LogP contribution is -2.27. The molecule has 1 saturated heterocycles. The van der Waals surface area contributed by atoms with E-state index in [1.54, 1.807) is 0 Å². The molecule has 0 unspecified atom stereocenters. The molecule has 96 valence electrons. The average Bonchev–Trinajstić information content (AvgIpc) is 2.27. The van der Waals surface area contributed by atoms with E-state index in [4.69, 9.17) is 0 Å². The van der Waals surface area contributed by atoms with Gasteiger partial charge in [0.05, 0.1) is 0 Å². The summed E-state index contributed by atoms with van der Waals surface area (Å²) in [5.74, 6) is -0.242. The van der Waals surface area contributed by atoms with Crippen LogP contribution in [0.2, 0.25) is 0 Å². The van der Waals surface area contributed by atoms with Crippen LogP contribution in [-0.2, 0) is 6.42 Å². The minimum Gasteiger partial charge on any atom is -0.317 e. The predicted molar refractivity (Wildman–Crippen MR) is 67.5 cm³/mol. The van der Waals surface area contributed by atoms with E-state index in [-0.39, 0.29) is 12.4 Å². The Morgan fingerprint density at radius 2 is 1.65 bits per heavy atom. The number of halogens is 3. The van der Waals surface area contributed by atoms with Gasteiger partial charge in [-0.15, -0.1) is 12.4 Å². The molecule has 0 bridgehead atoms. The van der Waals surface area contributed by atoms with Gasteiger partial charge in [-0.25, -0.2) is 8.78 Å².